The molecule has 0 aliphatic rings. The molecule has 1 aromatic carbocycles. The number of nitrogens with zero attached hydrogens (tertiary/aromatic N) is 2. The average molecular weight is 310 g/mol. The van der Waals surface area contributed by atoms with Crippen LogP contribution in [0.4, 0.5) is 5.13 Å². The lowest BCUT2D eigenvalue weighted by atomic mass is 10.1. The van der Waals surface area contributed by atoms with Gasteiger partial charge in [-0.05, 0) is 31.5 Å². The molecule has 0 saturated heterocycles. The zero-order chi connectivity index (χ0) is 12.3. The van der Waals surface area contributed by atoms with E-state index >= 15 is 0 Å². The molecule has 2 aromatic rings. The standard InChI is InChI=1S/C12H12BrN3S/c1-8-7-17-12(14-8)16-15-9(2)10-3-5-11(13)6-4-10/h3-7H,1-2H3,(H,14,16)/b15-9-. The summed E-state index contributed by atoms with van der Waals surface area (Å²) in [6.07, 6.45) is 0. The summed E-state index contributed by atoms with van der Waals surface area (Å²) in [5, 5.41) is 7.12. The summed E-state index contributed by atoms with van der Waals surface area (Å²) in [6.45, 7) is 3.93. The van der Waals surface area contributed by atoms with E-state index in [0.717, 1.165) is 26.6 Å². The van der Waals surface area contributed by atoms with Crippen LogP contribution in [0.3, 0.4) is 0 Å². The van der Waals surface area contributed by atoms with Gasteiger partial charge in [0, 0.05) is 9.85 Å². The topological polar surface area (TPSA) is 37.3 Å². The van der Waals surface area contributed by atoms with E-state index in [1.807, 2.05) is 43.5 Å². The average Bonchev–Trinajstić information content (AvgIpc) is 2.73. The van der Waals surface area contributed by atoms with Crippen molar-refractivity contribution < 1.29 is 0 Å². The molecule has 88 valence electrons. The number of thiazole rings is 1. The molecule has 0 bridgehead atoms. The molecule has 5 heteroatoms. The van der Waals surface area contributed by atoms with Crippen LogP contribution in [0.25, 0.3) is 0 Å². The fourth-order valence-corrected chi connectivity index (χ4v) is 2.19. The summed E-state index contributed by atoms with van der Waals surface area (Å²) in [7, 11) is 0. The first kappa shape index (κ1) is 12.3. The number of hydrogen-bond acceptors (Lipinski definition) is 4. The second kappa shape index (κ2) is 5.42. The van der Waals surface area contributed by atoms with Gasteiger partial charge in [-0.1, -0.05) is 28.1 Å². The maximum absolute atomic E-state index is 4.31. The Morgan fingerprint density at radius 3 is 2.65 bits per heavy atom. The summed E-state index contributed by atoms with van der Waals surface area (Å²) in [5.41, 5.74) is 6.00. The minimum Gasteiger partial charge on any atom is -0.252 e. The molecule has 1 heterocycles. The molecule has 0 radical (unpaired) electrons. The molecule has 1 aromatic heterocycles. The lowest BCUT2D eigenvalue weighted by Gasteiger charge is -2.01. The molecule has 0 fully saturated rings. The molecule has 0 amide bonds. The van der Waals surface area contributed by atoms with E-state index in [4.69, 9.17) is 0 Å². The van der Waals surface area contributed by atoms with Crippen molar-refractivity contribution >= 4 is 38.1 Å². The number of benzene rings is 1. The van der Waals surface area contributed by atoms with E-state index in [9.17, 15) is 0 Å². The van der Waals surface area contributed by atoms with Crippen LogP contribution < -0.4 is 5.43 Å². The first-order valence-electron chi connectivity index (χ1n) is 5.13. The highest BCUT2D eigenvalue weighted by atomic mass is 79.9. The van der Waals surface area contributed by atoms with Crippen LogP contribution in [0.1, 0.15) is 18.2 Å². The third-order valence-electron chi connectivity index (χ3n) is 2.20. The highest BCUT2D eigenvalue weighted by Gasteiger charge is 1.99. The second-order valence-corrected chi connectivity index (χ2v) is 5.38. The fourth-order valence-electron chi connectivity index (χ4n) is 1.29. The molecule has 0 unspecified atom stereocenters. The van der Waals surface area contributed by atoms with Gasteiger partial charge in [-0.25, -0.2) is 4.98 Å². The lowest BCUT2D eigenvalue weighted by molar-refractivity contribution is 1.21. The Morgan fingerprint density at radius 2 is 2.06 bits per heavy atom. The Bertz CT molecular complexity index is 531. The van der Waals surface area contributed by atoms with E-state index in [-0.39, 0.29) is 0 Å². The Morgan fingerprint density at radius 1 is 1.35 bits per heavy atom. The number of aryl methyl sites for hydroxylation is 1. The van der Waals surface area contributed by atoms with Gasteiger partial charge >= 0.3 is 0 Å². The smallest absolute Gasteiger partial charge is 0.203 e. The number of hydrogen-bond donors (Lipinski definition) is 1. The monoisotopic (exact) mass is 309 g/mol. The van der Waals surface area contributed by atoms with Gasteiger partial charge in [0.25, 0.3) is 0 Å². The first-order chi connectivity index (χ1) is 8.15. The summed E-state index contributed by atoms with van der Waals surface area (Å²) >= 11 is 4.96. The SMILES string of the molecule is C/C(=N/Nc1nc(C)cs1)c1ccc(Br)cc1. The van der Waals surface area contributed by atoms with Gasteiger partial charge in [-0.3, -0.25) is 5.43 Å². The Balaban J connectivity index is 2.09. The molecule has 1 N–H and O–H groups in total. The van der Waals surface area contributed by atoms with Crippen molar-refractivity contribution in [2.24, 2.45) is 5.10 Å². The van der Waals surface area contributed by atoms with Crippen LogP contribution in [0, 0.1) is 6.92 Å². The van der Waals surface area contributed by atoms with Crippen LogP contribution in [0.5, 0.6) is 0 Å². The summed E-state index contributed by atoms with van der Waals surface area (Å²) in [5.74, 6) is 0. The van der Waals surface area contributed by atoms with Crippen LogP contribution in [-0.4, -0.2) is 10.7 Å². The predicted molar refractivity (Wildman–Crippen MR) is 76.8 cm³/mol. The molecule has 0 saturated carbocycles. The summed E-state index contributed by atoms with van der Waals surface area (Å²) in [4.78, 5) is 4.28. The predicted octanol–water partition coefficient (Wildman–Crippen LogP) is 4.05. The second-order valence-electron chi connectivity index (χ2n) is 3.61. The van der Waals surface area contributed by atoms with Gasteiger partial charge in [0.2, 0.25) is 5.13 Å². The largest absolute Gasteiger partial charge is 0.252 e. The molecule has 2 rings (SSSR count). The zero-order valence-corrected chi connectivity index (χ0v) is 12.0. The minimum atomic E-state index is 0.818. The van der Waals surface area contributed by atoms with Gasteiger partial charge in [-0.2, -0.15) is 5.10 Å². The van der Waals surface area contributed by atoms with Gasteiger partial charge in [0.15, 0.2) is 0 Å². The van der Waals surface area contributed by atoms with Crippen LogP contribution in [0.15, 0.2) is 39.2 Å². The quantitative estimate of drug-likeness (QED) is 0.686. The molecule has 0 aliphatic carbocycles. The summed E-state index contributed by atoms with van der Waals surface area (Å²) < 4.78 is 1.07. The third-order valence-corrected chi connectivity index (χ3v) is 3.59. The van der Waals surface area contributed by atoms with E-state index in [1.165, 1.54) is 0 Å². The molecule has 0 atom stereocenters. The van der Waals surface area contributed by atoms with Gasteiger partial charge in [-0.15, -0.1) is 11.3 Å². The Hall–Kier alpha value is -1.20. The van der Waals surface area contributed by atoms with Crippen molar-refractivity contribution in [3.8, 4) is 0 Å². The van der Waals surface area contributed by atoms with Crippen molar-refractivity contribution in [3.05, 3.63) is 45.4 Å². The van der Waals surface area contributed by atoms with Crippen molar-refractivity contribution in [3.63, 3.8) is 0 Å². The number of hydrazone groups is 1. The highest BCUT2D eigenvalue weighted by molar-refractivity contribution is 9.10. The number of halogens is 1. The molecule has 3 nitrogen and oxygen atoms in total. The Kier molecular flexibility index (Phi) is 3.91. The normalized spacial score (nSPS) is 11.6. The van der Waals surface area contributed by atoms with Gasteiger partial charge in [0.1, 0.15) is 0 Å². The van der Waals surface area contributed by atoms with Crippen molar-refractivity contribution in [1.82, 2.24) is 4.98 Å². The molecular formula is C12H12BrN3S. The lowest BCUT2D eigenvalue weighted by Crippen LogP contribution is -1.99. The highest BCUT2D eigenvalue weighted by Crippen LogP contribution is 2.15. The molecule has 17 heavy (non-hydrogen) atoms. The van der Waals surface area contributed by atoms with Crippen molar-refractivity contribution in [2.75, 3.05) is 5.43 Å². The minimum absolute atomic E-state index is 0.818. The van der Waals surface area contributed by atoms with E-state index < -0.39 is 0 Å². The molecule has 0 aliphatic heterocycles. The Labute approximate surface area is 113 Å². The maximum Gasteiger partial charge on any atom is 0.203 e. The van der Waals surface area contributed by atoms with Crippen molar-refractivity contribution in [1.29, 1.82) is 0 Å². The van der Waals surface area contributed by atoms with Gasteiger partial charge in [0.05, 0.1) is 11.4 Å². The van der Waals surface area contributed by atoms with Crippen molar-refractivity contribution in [2.45, 2.75) is 13.8 Å². The first-order valence-corrected chi connectivity index (χ1v) is 6.81. The van der Waals surface area contributed by atoms with Gasteiger partial charge < -0.3 is 0 Å². The maximum atomic E-state index is 4.31. The van der Waals surface area contributed by atoms with Crippen LogP contribution in [0.2, 0.25) is 0 Å². The van der Waals surface area contributed by atoms with Crippen LogP contribution in [-0.2, 0) is 0 Å². The number of rotatable bonds is 3. The van der Waals surface area contributed by atoms with E-state index in [1.54, 1.807) is 11.3 Å². The zero-order valence-electron chi connectivity index (χ0n) is 9.57. The van der Waals surface area contributed by atoms with Crippen LogP contribution >= 0.6 is 27.3 Å². The summed E-state index contributed by atoms with van der Waals surface area (Å²) in [6, 6.07) is 8.05. The third kappa shape index (κ3) is 3.38. The number of anilines is 1. The number of nitrogens with one attached hydrogen (secondary N) is 1. The molecule has 0 spiro atoms. The van der Waals surface area contributed by atoms with E-state index in [2.05, 4.69) is 31.4 Å². The molecular weight excluding hydrogens is 298 g/mol. The van der Waals surface area contributed by atoms with E-state index in [0.29, 0.717) is 0 Å². The fraction of sp³-hybridized carbons (Fsp3) is 0.167. The number of aromatic nitrogens is 1.